The monoisotopic (exact) mass is 211 g/mol. The molecule has 1 aliphatic heterocycles. The molecule has 1 aromatic heterocycles. The Morgan fingerprint density at radius 1 is 1.50 bits per heavy atom. The van der Waals surface area contributed by atoms with Crippen LogP contribution in [0.25, 0.3) is 0 Å². The highest BCUT2D eigenvalue weighted by Gasteiger charge is 2.25. The van der Waals surface area contributed by atoms with Gasteiger partial charge in [-0.15, -0.1) is 5.10 Å². The van der Waals surface area contributed by atoms with E-state index in [0.717, 1.165) is 23.8 Å². The summed E-state index contributed by atoms with van der Waals surface area (Å²) in [4.78, 5) is 15.7. The average molecular weight is 211 g/mol. The van der Waals surface area contributed by atoms with E-state index in [2.05, 4.69) is 23.9 Å². The number of aromatic nitrogens is 3. The molecule has 0 fully saturated rings. The van der Waals surface area contributed by atoms with Gasteiger partial charge in [0.25, 0.3) is 5.91 Å². The SMILES string of the molecule is CCC(CC)c1nc2n(n1)C(=O)CS2. The second-order valence-corrected chi connectivity index (χ2v) is 4.30. The second-order valence-electron chi connectivity index (χ2n) is 3.36. The maximum Gasteiger partial charge on any atom is 0.259 e. The first-order valence-corrected chi connectivity index (χ1v) is 5.87. The molecule has 76 valence electrons. The molecule has 0 radical (unpaired) electrons. The van der Waals surface area contributed by atoms with Gasteiger partial charge in [-0.1, -0.05) is 25.6 Å². The van der Waals surface area contributed by atoms with Crippen molar-refractivity contribution in [1.82, 2.24) is 14.8 Å². The molecule has 2 heterocycles. The number of rotatable bonds is 3. The van der Waals surface area contributed by atoms with Crippen LogP contribution in [0.5, 0.6) is 0 Å². The summed E-state index contributed by atoms with van der Waals surface area (Å²) in [6.07, 6.45) is 2.05. The molecule has 0 N–H and O–H groups in total. The van der Waals surface area contributed by atoms with E-state index in [9.17, 15) is 4.79 Å². The van der Waals surface area contributed by atoms with Crippen LogP contribution in [-0.4, -0.2) is 26.4 Å². The Kier molecular flexibility index (Phi) is 2.58. The summed E-state index contributed by atoms with van der Waals surface area (Å²) in [5, 5.41) is 5.01. The molecule has 0 aliphatic carbocycles. The van der Waals surface area contributed by atoms with Gasteiger partial charge in [0.05, 0.1) is 5.75 Å². The van der Waals surface area contributed by atoms with Gasteiger partial charge in [0.15, 0.2) is 11.0 Å². The number of hydrogen-bond acceptors (Lipinski definition) is 4. The number of hydrogen-bond donors (Lipinski definition) is 0. The highest BCUT2D eigenvalue weighted by atomic mass is 32.2. The average Bonchev–Trinajstić information content (AvgIpc) is 2.72. The largest absolute Gasteiger partial charge is 0.271 e. The second kappa shape index (κ2) is 3.73. The van der Waals surface area contributed by atoms with E-state index in [1.54, 1.807) is 0 Å². The summed E-state index contributed by atoms with van der Waals surface area (Å²) in [7, 11) is 0. The first kappa shape index (κ1) is 9.71. The molecule has 0 bridgehead atoms. The quantitative estimate of drug-likeness (QED) is 0.766. The molecule has 0 saturated carbocycles. The zero-order chi connectivity index (χ0) is 10.1. The lowest BCUT2D eigenvalue weighted by Crippen LogP contribution is -2.10. The van der Waals surface area contributed by atoms with E-state index in [4.69, 9.17) is 0 Å². The van der Waals surface area contributed by atoms with Crippen LogP contribution < -0.4 is 0 Å². The fraction of sp³-hybridized carbons (Fsp3) is 0.667. The Bertz CT molecular complexity index is 357. The zero-order valence-electron chi connectivity index (χ0n) is 8.36. The summed E-state index contributed by atoms with van der Waals surface area (Å²) in [6.45, 7) is 4.24. The molecule has 0 saturated heterocycles. The van der Waals surface area contributed by atoms with Crippen LogP contribution in [-0.2, 0) is 0 Å². The van der Waals surface area contributed by atoms with Crippen molar-refractivity contribution in [3.63, 3.8) is 0 Å². The van der Waals surface area contributed by atoms with Gasteiger partial charge in [-0.3, -0.25) is 4.79 Å². The van der Waals surface area contributed by atoms with Gasteiger partial charge in [0.1, 0.15) is 0 Å². The highest BCUT2D eigenvalue weighted by Crippen LogP contribution is 2.27. The number of carbonyl (C=O) groups excluding carboxylic acids is 1. The van der Waals surface area contributed by atoms with Crippen LogP contribution in [0.2, 0.25) is 0 Å². The molecule has 4 nitrogen and oxygen atoms in total. The number of fused-ring (bicyclic) bond motifs is 1. The van der Waals surface area contributed by atoms with Crippen LogP contribution >= 0.6 is 11.8 Å². The molecular formula is C9H13N3OS. The van der Waals surface area contributed by atoms with Crippen molar-refractivity contribution in [2.24, 2.45) is 0 Å². The molecular weight excluding hydrogens is 198 g/mol. The summed E-state index contributed by atoms with van der Waals surface area (Å²) in [6, 6.07) is 0. The predicted molar refractivity (Wildman–Crippen MR) is 54.7 cm³/mol. The van der Waals surface area contributed by atoms with E-state index in [0.29, 0.717) is 11.7 Å². The zero-order valence-corrected chi connectivity index (χ0v) is 9.17. The van der Waals surface area contributed by atoms with Crippen LogP contribution in [0, 0.1) is 0 Å². The fourth-order valence-corrected chi connectivity index (χ4v) is 2.38. The maximum absolute atomic E-state index is 11.3. The summed E-state index contributed by atoms with van der Waals surface area (Å²) in [5.74, 6) is 1.75. The van der Waals surface area contributed by atoms with Crippen molar-refractivity contribution in [3.8, 4) is 0 Å². The lowest BCUT2D eigenvalue weighted by atomic mass is 10.0. The Hall–Kier alpha value is -0.840. The molecule has 14 heavy (non-hydrogen) atoms. The minimum atomic E-state index is 0.0507. The lowest BCUT2D eigenvalue weighted by molar-refractivity contribution is 0.0922. The molecule has 0 aromatic carbocycles. The standard InChI is InChI=1S/C9H13N3OS/c1-3-6(4-2)8-10-9-12(11-8)7(13)5-14-9/h6H,3-5H2,1-2H3. The van der Waals surface area contributed by atoms with Crippen LogP contribution in [0.1, 0.15) is 43.2 Å². The smallest absolute Gasteiger partial charge is 0.259 e. The topological polar surface area (TPSA) is 47.8 Å². The molecule has 5 heteroatoms. The third-order valence-corrected chi connectivity index (χ3v) is 3.42. The van der Waals surface area contributed by atoms with Gasteiger partial charge in [0, 0.05) is 5.92 Å². The van der Waals surface area contributed by atoms with Crippen LogP contribution in [0.4, 0.5) is 0 Å². The predicted octanol–water partition coefficient (Wildman–Crippen LogP) is 1.93. The van der Waals surface area contributed by atoms with Crippen LogP contribution in [0.3, 0.4) is 0 Å². The van der Waals surface area contributed by atoms with Crippen molar-refractivity contribution >= 4 is 17.7 Å². The Morgan fingerprint density at radius 2 is 2.21 bits per heavy atom. The number of carbonyl (C=O) groups is 1. The molecule has 0 spiro atoms. The highest BCUT2D eigenvalue weighted by molar-refractivity contribution is 8.00. The summed E-state index contributed by atoms with van der Waals surface area (Å²) in [5.41, 5.74) is 0. The fourth-order valence-electron chi connectivity index (χ4n) is 1.58. The van der Waals surface area contributed by atoms with Gasteiger partial charge in [-0.25, -0.2) is 4.98 Å². The maximum atomic E-state index is 11.3. The van der Waals surface area contributed by atoms with E-state index in [-0.39, 0.29) is 5.91 Å². The minimum Gasteiger partial charge on any atom is -0.271 e. The van der Waals surface area contributed by atoms with E-state index in [1.165, 1.54) is 16.4 Å². The lowest BCUT2D eigenvalue weighted by Gasteiger charge is -2.05. The third-order valence-electron chi connectivity index (χ3n) is 2.51. The molecule has 0 atom stereocenters. The van der Waals surface area contributed by atoms with Gasteiger partial charge in [0.2, 0.25) is 0 Å². The summed E-state index contributed by atoms with van der Waals surface area (Å²) >= 11 is 1.48. The molecule has 1 aliphatic rings. The van der Waals surface area contributed by atoms with E-state index in [1.807, 2.05) is 0 Å². The third kappa shape index (κ3) is 1.45. The normalized spacial score (nSPS) is 15.2. The first-order valence-electron chi connectivity index (χ1n) is 4.89. The van der Waals surface area contributed by atoms with Crippen molar-refractivity contribution in [2.45, 2.75) is 37.8 Å². The molecule has 0 unspecified atom stereocenters. The van der Waals surface area contributed by atoms with Crippen molar-refractivity contribution in [3.05, 3.63) is 5.82 Å². The Balaban J connectivity index is 2.30. The van der Waals surface area contributed by atoms with Crippen molar-refractivity contribution < 1.29 is 4.79 Å². The Morgan fingerprint density at radius 3 is 2.79 bits per heavy atom. The number of thioether (sulfide) groups is 1. The molecule has 0 amide bonds. The van der Waals surface area contributed by atoms with Crippen molar-refractivity contribution in [1.29, 1.82) is 0 Å². The van der Waals surface area contributed by atoms with Gasteiger partial charge >= 0.3 is 0 Å². The first-order chi connectivity index (χ1) is 6.76. The van der Waals surface area contributed by atoms with Crippen LogP contribution in [0.15, 0.2) is 5.16 Å². The van der Waals surface area contributed by atoms with Gasteiger partial charge < -0.3 is 0 Å². The van der Waals surface area contributed by atoms with E-state index < -0.39 is 0 Å². The van der Waals surface area contributed by atoms with E-state index >= 15 is 0 Å². The molecule has 1 aromatic rings. The van der Waals surface area contributed by atoms with Gasteiger partial charge in [-0.05, 0) is 12.8 Å². The molecule has 2 rings (SSSR count). The van der Waals surface area contributed by atoms with Gasteiger partial charge in [-0.2, -0.15) is 4.68 Å². The Labute approximate surface area is 87.1 Å². The minimum absolute atomic E-state index is 0.0507. The van der Waals surface area contributed by atoms with Crippen molar-refractivity contribution in [2.75, 3.05) is 5.75 Å². The number of nitrogens with zero attached hydrogens (tertiary/aromatic N) is 3. The summed E-state index contributed by atoms with van der Waals surface area (Å²) < 4.78 is 1.44.